The van der Waals surface area contributed by atoms with Crippen LogP contribution in [0.15, 0.2) is 12.3 Å². The maximum Gasteiger partial charge on any atom is 0.266 e. The number of nitrogens with zero attached hydrogens (tertiary/aromatic N) is 2. The number of carbonyl (C=O) groups is 2. The van der Waals surface area contributed by atoms with Gasteiger partial charge in [-0.25, -0.2) is 4.98 Å². The Bertz CT molecular complexity index is 708. The van der Waals surface area contributed by atoms with Crippen LogP contribution < -0.4 is 11.5 Å². The Labute approximate surface area is 126 Å². The maximum atomic E-state index is 12.6. The molecule has 21 heavy (non-hydrogen) atoms. The Morgan fingerprint density at radius 3 is 2.62 bits per heavy atom. The summed E-state index contributed by atoms with van der Waals surface area (Å²) in [6, 6.07) is 1.70. The van der Waals surface area contributed by atoms with E-state index < -0.39 is 5.91 Å². The van der Waals surface area contributed by atoms with E-state index in [2.05, 4.69) is 4.98 Å². The molecule has 0 spiro atoms. The lowest BCUT2D eigenvalue weighted by Crippen LogP contribution is -2.42. The van der Waals surface area contributed by atoms with E-state index in [0.29, 0.717) is 10.6 Å². The highest BCUT2D eigenvalue weighted by atomic mass is 32.1. The molecule has 6 nitrogen and oxygen atoms in total. The second kappa shape index (κ2) is 5.69. The van der Waals surface area contributed by atoms with E-state index in [1.807, 2.05) is 26.8 Å². The van der Waals surface area contributed by atoms with Crippen LogP contribution >= 0.6 is 11.3 Å². The van der Waals surface area contributed by atoms with Crippen LogP contribution in [0.4, 0.5) is 5.69 Å². The third kappa shape index (κ3) is 2.82. The first kappa shape index (κ1) is 15.2. The van der Waals surface area contributed by atoms with Gasteiger partial charge >= 0.3 is 0 Å². The molecule has 2 amide bonds. The number of aryl methyl sites for hydroxylation is 1. The van der Waals surface area contributed by atoms with Gasteiger partial charge in [0.05, 0.1) is 12.2 Å². The van der Waals surface area contributed by atoms with Crippen LogP contribution in [0.25, 0.3) is 10.2 Å². The van der Waals surface area contributed by atoms with Crippen LogP contribution in [0.1, 0.15) is 29.1 Å². The minimum absolute atomic E-state index is 0.128. The molecule has 0 atom stereocenters. The van der Waals surface area contributed by atoms with Gasteiger partial charge in [0.2, 0.25) is 5.91 Å². The zero-order valence-electron chi connectivity index (χ0n) is 12.2. The number of hydrogen-bond acceptors (Lipinski definition) is 5. The van der Waals surface area contributed by atoms with Crippen LogP contribution in [-0.2, 0) is 4.79 Å². The minimum atomic E-state index is -0.550. The van der Waals surface area contributed by atoms with Gasteiger partial charge in [-0.15, -0.1) is 11.3 Å². The van der Waals surface area contributed by atoms with Crippen molar-refractivity contribution >= 4 is 39.1 Å². The molecule has 0 saturated carbocycles. The molecule has 4 N–H and O–H groups in total. The van der Waals surface area contributed by atoms with Crippen LogP contribution in [0.3, 0.4) is 0 Å². The fourth-order valence-electron chi connectivity index (χ4n) is 2.15. The molecule has 2 rings (SSSR count). The quantitative estimate of drug-likeness (QED) is 0.894. The van der Waals surface area contributed by atoms with Crippen molar-refractivity contribution in [3.05, 3.63) is 22.7 Å². The molecule has 0 aromatic carbocycles. The van der Waals surface area contributed by atoms with Crippen LogP contribution in [0.5, 0.6) is 0 Å². The normalized spacial score (nSPS) is 11.0. The SMILES string of the molecule is Cc1ccnc2sc(C(=O)N(CC(N)=O)C(C)C)c(N)c12. The number of nitrogen functional groups attached to an aromatic ring is 1. The molecule has 0 aliphatic carbocycles. The molecule has 2 aromatic heterocycles. The topological polar surface area (TPSA) is 102 Å². The highest BCUT2D eigenvalue weighted by Gasteiger charge is 2.26. The molecular formula is C14H18N4O2S. The van der Waals surface area contributed by atoms with E-state index in [9.17, 15) is 9.59 Å². The molecule has 0 fully saturated rings. The number of rotatable bonds is 4. The number of primary amides is 1. The first-order chi connectivity index (χ1) is 9.82. The summed E-state index contributed by atoms with van der Waals surface area (Å²) in [5.41, 5.74) is 12.7. The molecule has 0 saturated heterocycles. The van der Waals surface area contributed by atoms with Crippen molar-refractivity contribution in [1.29, 1.82) is 0 Å². The zero-order chi connectivity index (χ0) is 15.7. The lowest BCUT2D eigenvalue weighted by molar-refractivity contribution is -0.119. The summed E-state index contributed by atoms with van der Waals surface area (Å²) < 4.78 is 0. The number of anilines is 1. The van der Waals surface area contributed by atoms with Crippen LogP contribution in [0.2, 0.25) is 0 Å². The molecule has 2 aromatic rings. The van der Waals surface area contributed by atoms with Gasteiger partial charge in [0, 0.05) is 17.6 Å². The standard InChI is InChI=1S/C14H18N4O2S/c1-7(2)18(6-9(15)19)14(20)12-11(16)10-8(3)4-5-17-13(10)21-12/h4-5,7H,6,16H2,1-3H3,(H2,15,19). The van der Waals surface area contributed by atoms with Crippen LogP contribution in [0, 0.1) is 6.92 Å². The van der Waals surface area contributed by atoms with Crippen molar-refractivity contribution in [2.45, 2.75) is 26.8 Å². The van der Waals surface area contributed by atoms with Crippen molar-refractivity contribution in [2.24, 2.45) is 5.73 Å². The second-order valence-corrected chi connectivity index (χ2v) is 6.15. The fourth-order valence-corrected chi connectivity index (χ4v) is 3.25. The monoisotopic (exact) mass is 306 g/mol. The largest absolute Gasteiger partial charge is 0.397 e. The number of fused-ring (bicyclic) bond motifs is 1. The van der Waals surface area contributed by atoms with E-state index in [1.165, 1.54) is 16.2 Å². The lowest BCUT2D eigenvalue weighted by atomic mass is 10.1. The number of amides is 2. The molecule has 0 aliphatic heterocycles. The van der Waals surface area contributed by atoms with Gasteiger partial charge in [-0.3, -0.25) is 9.59 Å². The number of pyridine rings is 1. The summed E-state index contributed by atoms with van der Waals surface area (Å²) in [6.07, 6.45) is 1.69. The third-order valence-electron chi connectivity index (χ3n) is 3.24. The Kier molecular flexibility index (Phi) is 4.13. The highest BCUT2D eigenvalue weighted by Crippen LogP contribution is 2.35. The summed E-state index contributed by atoms with van der Waals surface area (Å²) in [5, 5.41) is 0.800. The van der Waals surface area contributed by atoms with E-state index in [-0.39, 0.29) is 18.5 Å². The minimum Gasteiger partial charge on any atom is -0.397 e. The smallest absolute Gasteiger partial charge is 0.266 e. The first-order valence-electron chi connectivity index (χ1n) is 6.55. The molecule has 7 heteroatoms. The molecule has 0 radical (unpaired) electrons. The van der Waals surface area contributed by atoms with E-state index in [0.717, 1.165) is 15.8 Å². The number of aromatic nitrogens is 1. The van der Waals surface area contributed by atoms with Crippen molar-refractivity contribution in [3.63, 3.8) is 0 Å². The molecular weight excluding hydrogens is 288 g/mol. The van der Waals surface area contributed by atoms with Crippen molar-refractivity contribution in [1.82, 2.24) is 9.88 Å². The van der Waals surface area contributed by atoms with Crippen molar-refractivity contribution < 1.29 is 9.59 Å². The molecule has 2 heterocycles. The van der Waals surface area contributed by atoms with Gasteiger partial charge < -0.3 is 16.4 Å². The van der Waals surface area contributed by atoms with Gasteiger partial charge in [-0.2, -0.15) is 0 Å². The number of carbonyl (C=O) groups excluding carboxylic acids is 2. The average Bonchev–Trinajstić information content (AvgIpc) is 2.73. The molecule has 112 valence electrons. The van der Waals surface area contributed by atoms with Gasteiger partial charge in [0.25, 0.3) is 5.91 Å². The van der Waals surface area contributed by atoms with Gasteiger partial charge in [0.15, 0.2) is 0 Å². The predicted molar refractivity (Wildman–Crippen MR) is 84.1 cm³/mol. The summed E-state index contributed by atoms with van der Waals surface area (Å²) in [5.74, 6) is -0.838. The van der Waals surface area contributed by atoms with E-state index in [1.54, 1.807) is 6.20 Å². The molecule has 0 unspecified atom stereocenters. The maximum absolute atomic E-state index is 12.6. The van der Waals surface area contributed by atoms with Crippen molar-refractivity contribution in [2.75, 3.05) is 12.3 Å². The van der Waals surface area contributed by atoms with Gasteiger partial charge in [0.1, 0.15) is 9.71 Å². The number of thiophene rings is 1. The Balaban J connectivity index is 2.50. The predicted octanol–water partition coefficient (Wildman–Crippen LogP) is 1.52. The summed E-state index contributed by atoms with van der Waals surface area (Å²) >= 11 is 1.24. The number of hydrogen-bond donors (Lipinski definition) is 2. The number of nitrogens with two attached hydrogens (primary N) is 2. The summed E-state index contributed by atoms with van der Waals surface area (Å²) in [4.78, 5) is 30.6. The van der Waals surface area contributed by atoms with Gasteiger partial charge in [-0.1, -0.05) is 0 Å². The Morgan fingerprint density at radius 2 is 2.10 bits per heavy atom. The first-order valence-corrected chi connectivity index (χ1v) is 7.37. The summed E-state index contributed by atoms with van der Waals surface area (Å²) in [6.45, 7) is 5.45. The third-order valence-corrected chi connectivity index (χ3v) is 4.34. The molecule has 0 aliphatic rings. The second-order valence-electron chi connectivity index (χ2n) is 5.15. The van der Waals surface area contributed by atoms with Gasteiger partial charge in [-0.05, 0) is 32.4 Å². The van der Waals surface area contributed by atoms with Crippen LogP contribution in [-0.4, -0.2) is 34.3 Å². The van der Waals surface area contributed by atoms with E-state index >= 15 is 0 Å². The molecule has 0 bridgehead atoms. The van der Waals surface area contributed by atoms with E-state index in [4.69, 9.17) is 11.5 Å². The van der Waals surface area contributed by atoms with Crippen molar-refractivity contribution in [3.8, 4) is 0 Å². The Morgan fingerprint density at radius 1 is 1.43 bits per heavy atom. The summed E-state index contributed by atoms with van der Waals surface area (Å²) in [7, 11) is 0. The lowest BCUT2D eigenvalue weighted by Gasteiger charge is -2.24. The highest BCUT2D eigenvalue weighted by molar-refractivity contribution is 7.21. The average molecular weight is 306 g/mol. The fraction of sp³-hybridized carbons (Fsp3) is 0.357. The Hall–Kier alpha value is -2.15. The zero-order valence-corrected chi connectivity index (χ0v) is 13.0.